The van der Waals surface area contributed by atoms with Gasteiger partial charge in [0.05, 0.1) is 29.9 Å². The fourth-order valence-electron chi connectivity index (χ4n) is 2.00. The van der Waals surface area contributed by atoms with Gasteiger partial charge in [-0.25, -0.2) is 0 Å². The lowest BCUT2D eigenvalue weighted by Crippen LogP contribution is -1.99. The van der Waals surface area contributed by atoms with E-state index in [2.05, 4.69) is 10.5 Å². The van der Waals surface area contributed by atoms with Crippen LogP contribution in [0.25, 0.3) is 0 Å². The van der Waals surface area contributed by atoms with Crippen LogP contribution in [0.2, 0.25) is 5.02 Å². The molecule has 126 valence electrons. The smallest absolute Gasteiger partial charge is 0.294 e. The van der Waals surface area contributed by atoms with Gasteiger partial charge in [-0.3, -0.25) is 15.5 Å². The quantitative estimate of drug-likeness (QED) is 0.462. The number of nitrogens with zero attached hydrogens (tertiary/aromatic N) is 2. The predicted molar refractivity (Wildman–Crippen MR) is 93.5 cm³/mol. The first kappa shape index (κ1) is 17.6. The highest BCUT2D eigenvalue weighted by Crippen LogP contribution is 2.36. The Morgan fingerprint density at radius 1 is 1.38 bits per heavy atom. The molecule has 0 saturated heterocycles. The summed E-state index contributed by atoms with van der Waals surface area (Å²) in [6, 6.07) is 9.61. The number of hydrazone groups is 1. The highest BCUT2D eigenvalue weighted by Gasteiger charge is 2.12. The van der Waals surface area contributed by atoms with Crippen molar-refractivity contribution in [2.45, 2.75) is 6.92 Å². The van der Waals surface area contributed by atoms with Gasteiger partial charge in [0.25, 0.3) is 5.69 Å². The number of nitrogens with one attached hydrogen (secondary N) is 1. The van der Waals surface area contributed by atoms with E-state index in [4.69, 9.17) is 21.1 Å². The number of hydrogen-bond acceptors (Lipinski definition) is 6. The predicted octanol–water partition coefficient (Wildman–Crippen LogP) is 4.10. The summed E-state index contributed by atoms with van der Waals surface area (Å²) in [6.07, 6.45) is 1.49. The first-order valence-electron chi connectivity index (χ1n) is 7.09. The van der Waals surface area contributed by atoms with Crippen molar-refractivity contribution < 1.29 is 14.4 Å². The van der Waals surface area contributed by atoms with E-state index in [1.54, 1.807) is 30.3 Å². The van der Waals surface area contributed by atoms with E-state index in [0.717, 1.165) is 0 Å². The molecule has 0 aromatic heterocycles. The molecule has 0 aliphatic heterocycles. The van der Waals surface area contributed by atoms with Crippen LogP contribution in [0.1, 0.15) is 12.5 Å². The maximum absolute atomic E-state index is 10.9. The fourth-order valence-corrected chi connectivity index (χ4v) is 2.28. The number of nitro benzene ring substituents is 1. The highest BCUT2D eigenvalue weighted by atomic mass is 35.5. The van der Waals surface area contributed by atoms with Gasteiger partial charge in [0.1, 0.15) is 5.69 Å². The summed E-state index contributed by atoms with van der Waals surface area (Å²) in [5, 5.41) is 15.4. The van der Waals surface area contributed by atoms with E-state index in [1.807, 2.05) is 6.92 Å². The Morgan fingerprint density at radius 3 is 2.79 bits per heavy atom. The van der Waals surface area contributed by atoms with Crippen LogP contribution in [-0.4, -0.2) is 24.9 Å². The van der Waals surface area contributed by atoms with Gasteiger partial charge in [-0.15, -0.1) is 0 Å². The minimum Gasteiger partial charge on any atom is -0.493 e. The summed E-state index contributed by atoms with van der Waals surface area (Å²) < 4.78 is 10.7. The average Bonchev–Trinajstić information content (AvgIpc) is 2.57. The third-order valence-electron chi connectivity index (χ3n) is 3.04. The van der Waals surface area contributed by atoms with Gasteiger partial charge in [-0.1, -0.05) is 23.7 Å². The molecule has 0 radical (unpaired) electrons. The Morgan fingerprint density at radius 2 is 2.12 bits per heavy atom. The third-order valence-corrected chi connectivity index (χ3v) is 3.32. The molecular formula is C16H16ClN3O4. The average molecular weight is 350 g/mol. The van der Waals surface area contributed by atoms with Crippen LogP contribution >= 0.6 is 11.6 Å². The molecule has 8 heteroatoms. The van der Waals surface area contributed by atoms with Crippen molar-refractivity contribution in [1.29, 1.82) is 0 Å². The molecule has 0 saturated carbocycles. The fraction of sp³-hybridized carbons (Fsp3) is 0.188. The van der Waals surface area contributed by atoms with Gasteiger partial charge >= 0.3 is 0 Å². The van der Waals surface area contributed by atoms with Gasteiger partial charge < -0.3 is 9.47 Å². The van der Waals surface area contributed by atoms with E-state index in [9.17, 15) is 10.1 Å². The zero-order valence-corrected chi connectivity index (χ0v) is 13.9. The van der Waals surface area contributed by atoms with E-state index < -0.39 is 4.92 Å². The van der Waals surface area contributed by atoms with Gasteiger partial charge in [0.15, 0.2) is 11.5 Å². The van der Waals surface area contributed by atoms with Gasteiger partial charge in [-0.05, 0) is 30.7 Å². The molecule has 0 aliphatic carbocycles. The maximum atomic E-state index is 10.9. The van der Waals surface area contributed by atoms with Crippen molar-refractivity contribution in [3.8, 4) is 11.5 Å². The van der Waals surface area contributed by atoms with E-state index in [-0.39, 0.29) is 5.69 Å². The largest absolute Gasteiger partial charge is 0.493 e. The first-order valence-corrected chi connectivity index (χ1v) is 7.47. The number of benzene rings is 2. The second-order valence-corrected chi connectivity index (χ2v) is 5.02. The molecule has 0 fully saturated rings. The zero-order chi connectivity index (χ0) is 17.5. The molecular weight excluding hydrogens is 334 g/mol. The second kappa shape index (κ2) is 8.16. The van der Waals surface area contributed by atoms with Crippen LogP contribution < -0.4 is 14.9 Å². The molecule has 0 amide bonds. The van der Waals surface area contributed by atoms with Gasteiger partial charge in [0, 0.05) is 6.07 Å². The van der Waals surface area contributed by atoms with Crippen molar-refractivity contribution in [3.05, 3.63) is 57.1 Å². The van der Waals surface area contributed by atoms with Crippen molar-refractivity contribution in [2.24, 2.45) is 5.10 Å². The Kier molecular flexibility index (Phi) is 5.97. The molecule has 0 aliphatic rings. The summed E-state index contributed by atoms with van der Waals surface area (Å²) in [5.74, 6) is 0.946. The number of anilines is 1. The molecule has 24 heavy (non-hydrogen) atoms. The van der Waals surface area contributed by atoms with E-state index >= 15 is 0 Å². The zero-order valence-electron chi connectivity index (χ0n) is 13.2. The monoisotopic (exact) mass is 349 g/mol. The molecule has 7 nitrogen and oxygen atoms in total. The Balaban J connectivity index is 2.21. The first-order chi connectivity index (χ1) is 11.6. The van der Waals surface area contributed by atoms with Crippen LogP contribution in [0.4, 0.5) is 11.4 Å². The van der Waals surface area contributed by atoms with E-state index in [0.29, 0.717) is 34.4 Å². The minimum atomic E-state index is -0.478. The Labute approximate surface area is 144 Å². The molecule has 2 aromatic rings. The number of methoxy groups -OCH3 is 1. The topological polar surface area (TPSA) is 86.0 Å². The Bertz CT molecular complexity index is 765. The molecule has 2 aromatic carbocycles. The normalized spacial score (nSPS) is 10.6. The molecule has 2 rings (SSSR count). The molecule has 0 atom stereocenters. The lowest BCUT2D eigenvalue weighted by molar-refractivity contribution is -0.384. The number of ether oxygens (including phenoxy) is 2. The molecule has 0 unspecified atom stereocenters. The number of para-hydroxylation sites is 2. The van der Waals surface area contributed by atoms with Crippen molar-refractivity contribution in [2.75, 3.05) is 19.1 Å². The van der Waals surface area contributed by atoms with Crippen molar-refractivity contribution in [1.82, 2.24) is 0 Å². The summed E-state index contributed by atoms with van der Waals surface area (Å²) >= 11 is 6.18. The van der Waals surface area contributed by atoms with Crippen LogP contribution in [0.3, 0.4) is 0 Å². The second-order valence-electron chi connectivity index (χ2n) is 4.61. The molecule has 1 N–H and O–H groups in total. The number of halogens is 1. The van der Waals surface area contributed by atoms with Crippen molar-refractivity contribution in [3.63, 3.8) is 0 Å². The van der Waals surface area contributed by atoms with Crippen LogP contribution in [-0.2, 0) is 0 Å². The summed E-state index contributed by atoms with van der Waals surface area (Å²) in [7, 11) is 1.51. The highest BCUT2D eigenvalue weighted by molar-refractivity contribution is 6.32. The summed E-state index contributed by atoms with van der Waals surface area (Å²) in [4.78, 5) is 10.5. The van der Waals surface area contributed by atoms with Crippen LogP contribution in [0.15, 0.2) is 41.5 Å². The molecule has 0 bridgehead atoms. The van der Waals surface area contributed by atoms with Crippen LogP contribution in [0, 0.1) is 10.1 Å². The van der Waals surface area contributed by atoms with Crippen molar-refractivity contribution >= 4 is 29.2 Å². The SMILES string of the molecule is CCOc1c(Cl)cc(/C=N\Nc2ccccc2[N+](=O)[O-])cc1OC. The lowest BCUT2D eigenvalue weighted by atomic mass is 10.2. The van der Waals surface area contributed by atoms with Gasteiger partial charge in [-0.2, -0.15) is 5.10 Å². The standard InChI is InChI=1S/C16H16ClN3O4/c1-3-24-16-12(17)8-11(9-15(16)23-2)10-18-19-13-6-4-5-7-14(13)20(21)22/h4-10,19H,3H2,1-2H3/b18-10-. The third kappa shape index (κ3) is 4.14. The number of hydrogen-bond donors (Lipinski definition) is 1. The maximum Gasteiger partial charge on any atom is 0.294 e. The van der Waals surface area contributed by atoms with E-state index in [1.165, 1.54) is 19.4 Å². The minimum absolute atomic E-state index is 0.0584. The number of nitro groups is 1. The van der Waals surface area contributed by atoms with Gasteiger partial charge in [0.2, 0.25) is 0 Å². The summed E-state index contributed by atoms with van der Waals surface area (Å²) in [6.45, 7) is 2.31. The molecule has 0 heterocycles. The number of rotatable bonds is 7. The molecule has 0 spiro atoms. The van der Waals surface area contributed by atoms with Crippen LogP contribution in [0.5, 0.6) is 11.5 Å². The Hall–Kier alpha value is -2.80. The summed E-state index contributed by atoms with van der Waals surface area (Å²) in [5.41, 5.74) is 3.55. The lowest BCUT2D eigenvalue weighted by Gasteiger charge is -2.11.